The van der Waals surface area contributed by atoms with Gasteiger partial charge in [0.25, 0.3) is 5.56 Å². The van der Waals surface area contributed by atoms with Gasteiger partial charge in [-0.1, -0.05) is 6.07 Å². The smallest absolute Gasteiger partial charge is 0.314 e. The molecule has 0 bridgehead atoms. The Morgan fingerprint density at radius 3 is 2.60 bits per heavy atom. The molecule has 1 aromatic rings. The summed E-state index contributed by atoms with van der Waals surface area (Å²) in [6.45, 7) is -0.667. The molecule has 3 nitrogen and oxygen atoms in total. The van der Waals surface area contributed by atoms with E-state index < -0.39 is 24.2 Å². The van der Waals surface area contributed by atoms with Crippen molar-refractivity contribution in [1.82, 2.24) is 4.57 Å². The van der Waals surface area contributed by atoms with E-state index in [1.165, 1.54) is 18.3 Å². The monoisotopic (exact) mass is 216 g/mol. The maximum atomic E-state index is 12.2. The SMILES string of the molecule is N#CC(Cn1ccccc1=O)C(F)(F)F. The molecule has 1 unspecified atom stereocenters. The van der Waals surface area contributed by atoms with Crippen LogP contribution in [0.3, 0.4) is 0 Å². The molecule has 80 valence electrons. The Morgan fingerprint density at radius 2 is 2.13 bits per heavy atom. The van der Waals surface area contributed by atoms with Gasteiger partial charge >= 0.3 is 6.18 Å². The van der Waals surface area contributed by atoms with Gasteiger partial charge in [-0.05, 0) is 6.07 Å². The second-order valence-corrected chi connectivity index (χ2v) is 2.91. The normalized spacial score (nSPS) is 13.2. The van der Waals surface area contributed by atoms with Crippen LogP contribution in [0.2, 0.25) is 0 Å². The van der Waals surface area contributed by atoms with Crippen LogP contribution in [0.15, 0.2) is 29.2 Å². The van der Waals surface area contributed by atoms with Crippen molar-refractivity contribution < 1.29 is 13.2 Å². The molecule has 0 N–H and O–H groups in total. The highest BCUT2D eigenvalue weighted by molar-refractivity contribution is 4.96. The lowest BCUT2D eigenvalue weighted by Gasteiger charge is -2.14. The molecule has 0 aliphatic heterocycles. The number of nitriles is 1. The molecule has 0 saturated carbocycles. The van der Waals surface area contributed by atoms with Crippen molar-refractivity contribution in [3.05, 3.63) is 34.7 Å². The van der Waals surface area contributed by atoms with E-state index in [1.54, 1.807) is 0 Å². The average molecular weight is 216 g/mol. The highest BCUT2D eigenvalue weighted by atomic mass is 19.4. The number of hydrogen-bond acceptors (Lipinski definition) is 2. The van der Waals surface area contributed by atoms with Crippen molar-refractivity contribution >= 4 is 0 Å². The Labute approximate surface area is 83.4 Å². The van der Waals surface area contributed by atoms with Crippen LogP contribution in [0.5, 0.6) is 0 Å². The summed E-state index contributed by atoms with van der Waals surface area (Å²) >= 11 is 0. The molecule has 0 amide bonds. The van der Waals surface area contributed by atoms with Gasteiger partial charge in [0.05, 0.1) is 12.6 Å². The third-order valence-corrected chi connectivity index (χ3v) is 1.83. The minimum Gasteiger partial charge on any atom is -0.314 e. The van der Waals surface area contributed by atoms with E-state index in [-0.39, 0.29) is 0 Å². The summed E-state index contributed by atoms with van der Waals surface area (Å²) < 4.78 is 37.5. The van der Waals surface area contributed by atoms with Crippen LogP contribution in [0.25, 0.3) is 0 Å². The van der Waals surface area contributed by atoms with E-state index in [4.69, 9.17) is 5.26 Å². The molecular weight excluding hydrogens is 209 g/mol. The summed E-state index contributed by atoms with van der Waals surface area (Å²) in [5, 5.41) is 8.33. The zero-order valence-corrected chi connectivity index (χ0v) is 7.53. The maximum absolute atomic E-state index is 12.2. The average Bonchev–Trinajstić information content (AvgIpc) is 2.14. The minimum absolute atomic E-state index is 0.554. The molecule has 0 radical (unpaired) electrons. The fourth-order valence-electron chi connectivity index (χ4n) is 1.03. The molecule has 6 heteroatoms. The molecule has 1 aromatic heterocycles. The van der Waals surface area contributed by atoms with Gasteiger partial charge in [-0.3, -0.25) is 4.79 Å². The molecule has 0 aliphatic rings. The quantitative estimate of drug-likeness (QED) is 0.752. The Morgan fingerprint density at radius 1 is 1.47 bits per heavy atom. The van der Waals surface area contributed by atoms with Crippen LogP contribution < -0.4 is 5.56 Å². The first kappa shape index (κ1) is 11.3. The third kappa shape index (κ3) is 2.84. The molecule has 0 aromatic carbocycles. The predicted octanol–water partition coefficient (Wildman–Crippen LogP) is 1.55. The van der Waals surface area contributed by atoms with Gasteiger partial charge in [0.15, 0.2) is 5.92 Å². The molecule has 0 spiro atoms. The number of alkyl halides is 3. The zero-order valence-electron chi connectivity index (χ0n) is 7.53. The van der Waals surface area contributed by atoms with Crippen LogP contribution in [0, 0.1) is 17.2 Å². The molecule has 1 rings (SSSR count). The lowest BCUT2D eigenvalue weighted by molar-refractivity contribution is -0.162. The van der Waals surface area contributed by atoms with Crippen LogP contribution in [0.4, 0.5) is 13.2 Å². The number of hydrogen-bond donors (Lipinski definition) is 0. The number of aromatic nitrogens is 1. The molecule has 0 fully saturated rings. The predicted molar refractivity (Wildman–Crippen MR) is 45.9 cm³/mol. The third-order valence-electron chi connectivity index (χ3n) is 1.83. The number of halogens is 3. The van der Waals surface area contributed by atoms with E-state index in [0.29, 0.717) is 0 Å². The van der Waals surface area contributed by atoms with Gasteiger partial charge < -0.3 is 4.57 Å². The first-order chi connectivity index (χ1) is 6.95. The molecular formula is C9H7F3N2O. The minimum atomic E-state index is -4.61. The van der Waals surface area contributed by atoms with E-state index in [0.717, 1.165) is 16.7 Å². The second kappa shape index (κ2) is 4.17. The van der Waals surface area contributed by atoms with Crippen LogP contribution >= 0.6 is 0 Å². The number of nitrogens with zero attached hydrogens (tertiary/aromatic N) is 2. The lowest BCUT2D eigenvalue weighted by atomic mass is 10.1. The van der Waals surface area contributed by atoms with Crippen molar-refractivity contribution in [3.63, 3.8) is 0 Å². The zero-order chi connectivity index (χ0) is 11.5. The summed E-state index contributed by atoms with van der Waals surface area (Å²) in [7, 11) is 0. The maximum Gasteiger partial charge on any atom is 0.406 e. The van der Waals surface area contributed by atoms with Crippen LogP contribution in [0.1, 0.15) is 0 Å². The summed E-state index contributed by atoms with van der Waals surface area (Å²) in [4.78, 5) is 11.1. The van der Waals surface area contributed by atoms with Gasteiger partial charge in [0.1, 0.15) is 0 Å². The summed E-state index contributed by atoms with van der Waals surface area (Å²) in [5.74, 6) is -2.16. The Balaban J connectivity index is 2.92. The first-order valence-electron chi connectivity index (χ1n) is 4.07. The number of rotatable bonds is 2. The van der Waals surface area contributed by atoms with E-state index in [2.05, 4.69) is 0 Å². The van der Waals surface area contributed by atoms with Crippen molar-refractivity contribution in [2.24, 2.45) is 5.92 Å². The van der Waals surface area contributed by atoms with Crippen LogP contribution in [-0.4, -0.2) is 10.7 Å². The molecule has 1 heterocycles. The summed E-state index contributed by atoms with van der Waals surface area (Å²) in [5.41, 5.74) is -0.554. The van der Waals surface area contributed by atoms with Gasteiger partial charge in [0, 0.05) is 12.3 Å². The standard InChI is InChI=1S/C9H7F3N2O/c10-9(11,12)7(5-13)6-14-4-2-1-3-8(14)15/h1-4,7H,6H2. The van der Waals surface area contributed by atoms with Gasteiger partial charge in [0.2, 0.25) is 0 Å². The molecule has 0 aliphatic carbocycles. The van der Waals surface area contributed by atoms with Gasteiger partial charge in [-0.15, -0.1) is 0 Å². The van der Waals surface area contributed by atoms with Gasteiger partial charge in [-0.2, -0.15) is 18.4 Å². The lowest BCUT2D eigenvalue weighted by Crippen LogP contribution is -2.30. The summed E-state index contributed by atoms with van der Waals surface area (Å²) in [6.07, 6.45) is -3.39. The topological polar surface area (TPSA) is 45.8 Å². The Kier molecular flexibility index (Phi) is 3.14. The van der Waals surface area contributed by atoms with Gasteiger partial charge in [-0.25, -0.2) is 0 Å². The second-order valence-electron chi connectivity index (χ2n) is 2.91. The molecule has 0 saturated heterocycles. The van der Waals surface area contributed by atoms with Crippen molar-refractivity contribution in [2.45, 2.75) is 12.7 Å². The first-order valence-corrected chi connectivity index (χ1v) is 4.07. The fourth-order valence-corrected chi connectivity index (χ4v) is 1.03. The molecule has 1 atom stereocenters. The van der Waals surface area contributed by atoms with Crippen molar-refractivity contribution in [3.8, 4) is 6.07 Å². The largest absolute Gasteiger partial charge is 0.406 e. The molecule has 15 heavy (non-hydrogen) atoms. The fraction of sp³-hybridized carbons (Fsp3) is 0.333. The summed E-state index contributed by atoms with van der Waals surface area (Å²) in [6, 6.07) is 5.14. The van der Waals surface area contributed by atoms with Crippen molar-refractivity contribution in [1.29, 1.82) is 5.26 Å². The van der Waals surface area contributed by atoms with Crippen LogP contribution in [-0.2, 0) is 6.54 Å². The van der Waals surface area contributed by atoms with E-state index in [9.17, 15) is 18.0 Å². The van der Waals surface area contributed by atoms with Crippen molar-refractivity contribution in [2.75, 3.05) is 0 Å². The Bertz CT molecular complexity index is 430. The number of pyridine rings is 1. The highest BCUT2D eigenvalue weighted by Crippen LogP contribution is 2.26. The van der Waals surface area contributed by atoms with E-state index >= 15 is 0 Å². The highest BCUT2D eigenvalue weighted by Gasteiger charge is 2.40. The van der Waals surface area contributed by atoms with E-state index in [1.807, 2.05) is 0 Å². The Hall–Kier alpha value is -1.77.